The van der Waals surface area contributed by atoms with E-state index in [1.165, 1.54) is 18.4 Å². The number of aromatic nitrogens is 3. The lowest BCUT2D eigenvalue weighted by Gasteiger charge is -2.11. The van der Waals surface area contributed by atoms with E-state index in [4.69, 9.17) is 0 Å². The number of guanidine groups is 1. The first-order valence-electron chi connectivity index (χ1n) is 8.68. The van der Waals surface area contributed by atoms with Crippen molar-refractivity contribution in [1.82, 2.24) is 25.4 Å². The zero-order chi connectivity index (χ0) is 17.0. The normalized spacial score (nSPS) is 11.5. The molecule has 0 amide bonds. The van der Waals surface area contributed by atoms with Crippen LogP contribution in [0.5, 0.6) is 0 Å². The second-order valence-electron chi connectivity index (χ2n) is 5.72. The molecular weight excluding hydrogens is 300 g/mol. The van der Waals surface area contributed by atoms with Gasteiger partial charge in [-0.05, 0) is 31.7 Å². The van der Waals surface area contributed by atoms with Gasteiger partial charge in [-0.3, -0.25) is 4.68 Å². The summed E-state index contributed by atoms with van der Waals surface area (Å²) in [6.45, 7) is 4.37. The highest BCUT2D eigenvalue weighted by Crippen LogP contribution is 2.05. The Kier molecular flexibility index (Phi) is 7.80. The first-order valence-corrected chi connectivity index (χ1v) is 8.68. The molecule has 6 nitrogen and oxygen atoms in total. The van der Waals surface area contributed by atoms with Gasteiger partial charge < -0.3 is 10.6 Å². The van der Waals surface area contributed by atoms with Crippen LogP contribution in [0.2, 0.25) is 0 Å². The zero-order valence-corrected chi connectivity index (χ0v) is 14.7. The fourth-order valence-electron chi connectivity index (χ4n) is 2.44. The standard InChI is InChI=1S/C18H28N6/c1-3-19-18(21-14-17-22-15-23-24(17)2)20-13-9-5-8-12-16-10-6-4-7-11-16/h4,6-7,10-11,15H,3,5,8-9,12-14H2,1-2H3,(H2,19,20,21). The summed E-state index contributed by atoms with van der Waals surface area (Å²) in [7, 11) is 1.88. The van der Waals surface area contributed by atoms with Crippen LogP contribution in [0, 0.1) is 0 Å². The fourth-order valence-corrected chi connectivity index (χ4v) is 2.44. The minimum Gasteiger partial charge on any atom is -0.357 e. The van der Waals surface area contributed by atoms with Crippen molar-refractivity contribution in [3.63, 3.8) is 0 Å². The maximum absolute atomic E-state index is 4.55. The molecule has 0 aliphatic rings. The summed E-state index contributed by atoms with van der Waals surface area (Å²) < 4.78 is 1.75. The Morgan fingerprint density at radius 3 is 2.67 bits per heavy atom. The summed E-state index contributed by atoms with van der Waals surface area (Å²) in [5, 5.41) is 10.7. The fraction of sp³-hybridized carbons (Fsp3) is 0.500. The summed E-state index contributed by atoms with van der Waals surface area (Å²) >= 11 is 0. The van der Waals surface area contributed by atoms with Crippen LogP contribution in [-0.4, -0.2) is 33.8 Å². The average molecular weight is 328 g/mol. The van der Waals surface area contributed by atoms with Gasteiger partial charge in [-0.25, -0.2) is 9.98 Å². The first-order chi connectivity index (χ1) is 11.8. The van der Waals surface area contributed by atoms with Crippen LogP contribution in [-0.2, 0) is 20.0 Å². The lowest BCUT2D eigenvalue weighted by molar-refractivity contribution is 0.653. The van der Waals surface area contributed by atoms with Gasteiger partial charge >= 0.3 is 0 Å². The molecule has 1 aromatic heterocycles. The number of benzene rings is 1. The zero-order valence-electron chi connectivity index (χ0n) is 14.7. The molecule has 0 saturated heterocycles. The van der Waals surface area contributed by atoms with E-state index in [0.717, 1.165) is 37.7 Å². The summed E-state index contributed by atoms with van der Waals surface area (Å²) in [6.07, 6.45) is 6.28. The number of hydrogen-bond donors (Lipinski definition) is 2. The number of nitrogens with one attached hydrogen (secondary N) is 2. The molecule has 0 aliphatic heterocycles. The molecular formula is C18H28N6. The summed E-state index contributed by atoms with van der Waals surface area (Å²) in [5.74, 6) is 1.69. The van der Waals surface area contributed by atoms with Gasteiger partial charge in [0.05, 0.1) is 0 Å². The molecule has 0 saturated carbocycles. The van der Waals surface area contributed by atoms with Crippen LogP contribution < -0.4 is 10.6 Å². The molecule has 0 atom stereocenters. The highest BCUT2D eigenvalue weighted by Gasteiger charge is 2.01. The lowest BCUT2D eigenvalue weighted by atomic mass is 10.1. The van der Waals surface area contributed by atoms with Gasteiger partial charge in [0.2, 0.25) is 0 Å². The largest absolute Gasteiger partial charge is 0.357 e. The SMILES string of the molecule is CCNC(=NCc1ncnn1C)NCCCCCc1ccccc1. The average Bonchev–Trinajstić information content (AvgIpc) is 3.01. The highest BCUT2D eigenvalue weighted by molar-refractivity contribution is 5.79. The summed E-state index contributed by atoms with van der Waals surface area (Å²) in [6, 6.07) is 10.7. The maximum atomic E-state index is 4.55. The van der Waals surface area contributed by atoms with Crippen molar-refractivity contribution in [3.05, 3.63) is 48.0 Å². The Morgan fingerprint density at radius 2 is 1.96 bits per heavy atom. The third-order valence-electron chi connectivity index (χ3n) is 3.81. The molecule has 0 bridgehead atoms. The van der Waals surface area contributed by atoms with E-state index < -0.39 is 0 Å². The van der Waals surface area contributed by atoms with Crippen molar-refractivity contribution in [1.29, 1.82) is 0 Å². The predicted octanol–water partition coefficient (Wildman–Crippen LogP) is 2.28. The number of aliphatic imine (C=N–C) groups is 1. The van der Waals surface area contributed by atoms with Crippen LogP contribution in [0.25, 0.3) is 0 Å². The van der Waals surface area contributed by atoms with E-state index in [0.29, 0.717) is 6.54 Å². The topological polar surface area (TPSA) is 67.1 Å². The van der Waals surface area contributed by atoms with Gasteiger partial charge in [-0.1, -0.05) is 36.8 Å². The minimum atomic E-state index is 0.528. The van der Waals surface area contributed by atoms with Crippen molar-refractivity contribution < 1.29 is 0 Å². The smallest absolute Gasteiger partial charge is 0.191 e. The summed E-state index contributed by atoms with van der Waals surface area (Å²) in [4.78, 5) is 8.74. The van der Waals surface area contributed by atoms with Crippen molar-refractivity contribution in [2.24, 2.45) is 12.0 Å². The third kappa shape index (κ3) is 6.40. The molecule has 1 aromatic carbocycles. The van der Waals surface area contributed by atoms with E-state index in [9.17, 15) is 0 Å². The molecule has 130 valence electrons. The number of rotatable bonds is 9. The minimum absolute atomic E-state index is 0.528. The molecule has 6 heteroatoms. The molecule has 0 spiro atoms. The summed E-state index contributed by atoms with van der Waals surface area (Å²) in [5.41, 5.74) is 1.42. The van der Waals surface area contributed by atoms with Gasteiger partial charge in [0, 0.05) is 20.1 Å². The van der Waals surface area contributed by atoms with E-state index in [-0.39, 0.29) is 0 Å². The molecule has 2 rings (SSSR count). The van der Waals surface area contributed by atoms with Crippen LogP contribution in [0.1, 0.15) is 37.6 Å². The van der Waals surface area contributed by atoms with Gasteiger partial charge in [-0.15, -0.1) is 0 Å². The van der Waals surface area contributed by atoms with Crippen LogP contribution in [0.4, 0.5) is 0 Å². The Hall–Kier alpha value is -2.37. The molecule has 0 unspecified atom stereocenters. The molecule has 24 heavy (non-hydrogen) atoms. The quantitative estimate of drug-likeness (QED) is 0.421. The highest BCUT2D eigenvalue weighted by atomic mass is 15.3. The molecule has 2 N–H and O–H groups in total. The van der Waals surface area contributed by atoms with Gasteiger partial charge in [0.1, 0.15) is 18.7 Å². The maximum Gasteiger partial charge on any atom is 0.191 e. The molecule has 0 aliphatic carbocycles. The van der Waals surface area contributed by atoms with Crippen molar-refractivity contribution in [3.8, 4) is 0 Å². The Morgan fingerprint density at radius 1 is 1.12 bits per heavy atom. The first kappa shape index (κ1) is 18.0. The number of aryl methyl sites for hydroxylation is 2. The van der Waals surface area contributed by atoms with Crippen molar-refractivity contribution in [2.75, 3.05) is 13.1 Å². The van der Waals surface area contributed by atoms with E-state index in [1.807, 2.05) is 7.05 Å². The van der Waals surface area contributed by atoms with Gasteiger partial charge in [0.15, 0.2) is 5.96 Å². The lowest BCUT2D eigenvalue weighted by Crippen LogP contribution is -2.37. The second kappa shape index (κ2) is 10.4. The predicted molar refractivity (Wildman–Crippen MR) is 97.8 cm³/mol. The number of unbranched alkanes of at least 4 members (excludes halogenated alkanes) is 2. The van der Waals surface area contributed by atoms with E-state index in [2.05, 4.69) is 63.0 Å². The second-order valence-corrected chi connectivity index (χ2v) is 5.72. The van der Waals surface area contributed by atoms with E-state index >= 15 is 0 Å². The molecule has 0 fully saturated rings. The van der Waals surface area contributed by atoms with Crippen molar-refractivity contribution >= 4 is 5.96 Å². The molecule has 0 radical (unpaired) electrons. The van der Waals surface area contributed by atoms with Gasteiger partial charge in [0.25, 0.3) is 0 Å². The Bertz CT molecular complexity index is 605. The molecule has 1 heterocycles. The molecule has 2 aromatic rings. The van der Waals surface area contributed by atoms with Crippen LogP contribution >= 0.6 is 0 Å². The van der Waals surface area contributed by atoms with E-state index in [1.54, 1.807) is 11.0 Å². The van der Waals surface area contributed by atoms with Gasteiger partial charge in [-0.2, -0.15) is 5.10 Å². The number of nitrogens with zero attached hydrogens (tertiary/aromatic N) is 4. The monoisotopic (exact) mass is 328 g/mol. The van der Waals surface area contributed by atoms with Crippen molar-refractivity contribution in [2.45, 2.75) is 39.2 Å². The van der Waals surface area contributed by atoms with Crippen LogP contribution in [0.15, 0.2) is 41.7 Å². The Labute approximate surface area is 144 Å². The Balaban J connectivity index is 1.65. The van der Waals surface area contributed by atoms with Crippen LogP contribution in [0.3, 0.4) is 0 Å². The number of hydrogen-bond acceptors (Lipinski definition) is 3. The third-order valence-corrected chi connectivity index (χ3v) is 3.81.